The first-order valence-electron chi connectivity index (χ1n) is 7.03. The summed E-state index contributed by atoms with van der Waals surface area (Å²) in [5, 5.41) is 9.27. The molecule has 0 heterocycles. The molecule has 6 heteroatoms. The first-order chi connectivity index (χ1) is 11.4. The number of halogens is 1. The van der Waals surface area contributed by atoms with Crippen LogP contribution in [0.4, 0.5) is 0 Å². The lowest BCUT2D eigenvalue weighted by molar-refractivity contribution is 0.475. The van der Waals surface area contributed by atoms with Crippen molar-refractivity contribution < 1.29 is 18.3 Å². The third-order valence-corrected chi connectivity index (χ3v) is 5.64. The fraction of sp³-hybridized carbons (Fsp3) is 0. The second-order valence-electron chi connectivity index (χ2n) is 5.02. The highest BCUT2D eigenvalue weighted by Crippen LogP contribution is 2.27. The summed E-state index contributed by atoms with van der Waals surface area (Å²) in [5.74, 6) is 1.22. The number of sulfone groups is 1. The molecule has 0 saturated heterocycles. The number of hydrogen-bond acceptors (Lipinski definition) is 4. The molecule has 0 saturated carbocycles. The average Bonchev–Trinajstić information content (AvgIpc) is 2.58. The molecular weight excluding hydrogens is 392 g/mol. The van der Waals surface area contributed by atoms with Crippen LogP contribution < -0.4 is 4.74 Å². The van der Waals surface area contributed by atoms with Crippen LogP contribution in [0.25, 0.3) is 0 Å². The molecule has 3 aromatic rings. The number of phenolic OH excluding ortho intramolecular Hbond substituents is 1. The maximum Gasteiger partial charge on any atom is 0.206 e. The SMILES string of the molecule is O=S(=O)(c1ccc(O)cc1)c1ccc(Oc2ccc(Br)cc2)cc1. The highest BCUT2D eigenvalue weighted by molar-refractivity contribution is 9.10. The summed E-state index contributed by atoms with van der Waals surface area (Å²) in [4.78, 5) is 0.290. The van der Waals surface area contributed by atoms with E-state index in [1.54, 1.807) is 12.1 Å². The van der Waals surface area contributed by atoms with Crippen LogP contribution in [0, 0.1) is 0 Å². The maximum absolute atomic E-state index is 12.5. The van der Waals surface area contributed by atoms with Gasteiger partial charge < -0.3 is 9.84 Å². The second kappa shape index (κ2) is 6.67. The lowest BCUT2D eigenvalue weighted by atomic mass is 10.3. The van der Waals surface area contributed by atoms with Gasteiger partial charge in [-0.1, -0.05) is 15.9 Å². The normalized spacial score (nSPS) is 11.2. The van der Waals surface area contributed by atoms with E-state index in [1.807, 2.05) is 24.3 Å². The Labute approximate surface area is 148 Å². The van der Waals surface area contributed by atoms with Crippen molar-refractivity contribution in [2.75, 3.05) is 0 Å². The van der Waals surface area contributed by atoms with Gasteiger partial charge in [0.05, 0.1) is 9.79 Å². The predicted molar refractivity (Wildman–Crippen MR) is 94.2 cm³/mol. The van der Waals surface area contributed by atoms with Crippen LogP contribution in [-0.2, 0) is 9.84 Å². The molecule has 1 N–H and O–H groups in total. The van der Waals surface area contributed by atoms with Gasteiger partial charge in [-0.25, -0.2) is 8.42 Å². The van der Waals surface area contributed by atoms with Crippen molar-refractivity contribution in [1.82, 2.24) is 0 Å². The first kappa shape index (κ1) is 16.5. The molecule has 0 unspecified atom stereocenters. The van der Waals surface area contributed by atoms with Crippen molar-refractivity contribution >= 4 is 25.8 Å². The van der Waals surface area contributed by atoms with Crippen molar-refractivity contribution in [1.29, 1.82) is 0 Å². The summed E-state index contributed by atoms with van der Waals surface area (Å²) in [6.07, 6.45) is 0. The monoisotopic (exact) mass is 404 g/mol. The minimum absolute atomic E-state index is 0.0206. The number of aromatic hydroxyl groups is 1. The zero-order chi connectivity index (χ0) is 17.2. The predicted octanol–water partition coefficient (Wildman–Crippen LogP) is 4.78. The lowest BCUT2D eigenvalue weighted by Crippen LogP contribution is -2.01. The Morgan fingerprint density at radius 3 is 1.62 bits per heavy atom. The maximum atomic E-state index is 12.5. The number of ether oxygens (including phenoxy) is 1. The fourth-order valence-electron chi connectivity index (χ4n) is 2.09. The van der Waals surface area contributed by atoms with Crippen LogP contribution in [0.1, 0.15) is 0 Å². The van der Waals surface area contributed by atoms with Gasteiger partial charge in [0.1, 0.15) is 17.2 Å². The van der Waals surface area contributed by atoms with Gasteiger partial charge in [0, 0.05) is 4.47 Å². The van der Waals surface area contributed by atoms with Crippen LogP contribution in [0.2, 0.25) is 0 Å². The number of hydrogen-bond donors (Lipinski definition) is 1. The van der Waals surface area contributed by atoms with E-state index >= 15 is 0 Å². The molecule has 0 aliphatic rings. The van der Waals surface area contributed by atoms with Crippen molar-refractivity contribution in [3.05, 3.63) is 77.3 Å². The molecule has 0 aromatic heterocycles. The molecule has 0 spiro atoms. The summed E-state index contributed by atoms with van der Waals surface area (Å²) in [6, 6.07) is 19.0. The summed E-state index contributed by atoms with van der Waals surface area (Å²) >= 11 is 3.35. The summed E-state index contributed by atoms with van der Waals surface area (Å²) < 4.78 is 31.7. The standard InChI is InChI=1S/C18H13BrO4S/c19-13-1-5-15(6-2-13)23-16-7-11-18(12-8-16)24(21,22)17-9-3-14(20)4-10-17/h1-12,20H. The molecule has 0 radical (unpaired) electrons. The summed E-state index contributed by atoms with van der Waals surface area (Å²) in [6.45, 7) is 0. The minimum atomic E-state index is -3.62. The Kier molecular flexibility index (Phi) is 4.59. The third kappa shape index (κ3) is 3.60. The molecule has 0 aliphatic heterocycles. The van der Waals surface area contributed by atoms with Gasteiger partial charge in [-0.05, 0) is 72.8 Å². The van der Waals surface area contributed by atoms with Crippen LogP contribution in [0.15, 0.2) is 87.1 Å². The molecule has 0 bridgehead atoms. The molecule has 0 atom stereocenters. The van der Waals surface area contributed by atoms with Crippen LogP contribution >= 0.6 is 15.9 Å². The highest BCUT2D eigenvalue weighted by atomic mass is 79.9. The molecule has 3 aromatic carbocycles. The van der Waals surface area contributed by atoms with E-state index in [4.69, 9.17) is 4.74 Å². The topological polar surface area (TPSA) is 63.6 Å². The van der Waals surface area contributed by atoms with Crippen molar-refractivity contribution in [3.63, 3.8) is 0 Å². The molecular formula is C18H13BrO4S. The largest absolute Gasteiger partial charge is 0.508 e. The zero-order valence-electron chi connectivity index (χ0n) is 12.4. The smallest absolute Gasteiger partial charge is 0.206 e. The van der Waals surface area contributed by atoms with E-state index in [-0.39, 0.29) is 15.5 Å². The number of benzene rings is 3. The fourth-order valence-corrected chi connectivity index (χ4v) is 3.61. The molecule has 3 rings (SSSR count). The zero-order valence-corrected chi connectivity index (χ0v) is 14.8. The van der Waals surface area contributed by atoms with Crippen molar-refractivity contribution in [2.45, 2.75) is 9.79 Å². The first-order valence-corrected chi connectivity index (χ1v) is 9.30. The molecule has 4 nitrogen and oxygen atoms in total. The van der Waals surface area contributed by atoms with Gasteiger partial charge >= 0.3 is 0 Å². The molecule has 0 amide bonds. The van der Waals surface area contributed by atoms with Crippen LogP contribution in [0.5, 0.6) is 17.2 Å². The van der Waals surface area contributed by atoms with Gasteiger partial charge in [-0.15, -0.1) is 0 Å². The minimum Gasteiger partial charge on any atom is -0.508 e. The Morgan fingerprint density at radius 2 is 1.12 bits per heavy atom. The van der Waals surface area contributed by atoms with E-state index in [0.717, 1.165) is 4.47 Å². The molecule has 24 heavy (non-hydrogen) atoms. The van der Waals surface area contributed by atoms with Gasteiger partial charge in [0.2, 0.25) is 9.84 Å². The Hall–Kier alpha value is -2.31. The van der Waals surface area contributed by atoms with Gasteiger partial charge in [0.25, 0.3) is 0 Å². The van der Waals surface area contributed by atoms with E-state index < -0.39 is 9.84 Å². The van der Waals surface area contributed by atoms with Crippen LogP contribution in [0.3, 0.4) is 0 Å². The molecule has 0 aliphatic carbocycles. The third-order valence-electron chi connectivity index (χ3n) is 3.33. The highest BCUT2D eigenvalue weighted by Gasteiger charge is 2.17. The summed E-state index contributed by atoms with van der Waals surface area (Å²) in [7, 11) is -3.62. The van der Waals surface area contributed by atoms with Crippen molar-refractivity contribution in [2.24, 2.45) is 0 Å². The quantitative estimate of drug-likeness (QED) is 0.679. The number of phenols is 1. The second-order valence-corrected chi connectivity index (χ2v) is 7.89. The Morgan fingerprint density at radius 1 is 0.708 bits per heavy atom. The average molecular weight is 405 g/mol. The Balaban J connectivity index is 1.83. The number of rotatable bonds is 4. The van der Waals surface area contributed by atoms with E-state index in [1.165, 1.54) is 36.4 Å². The Bertz CT molecular complexity index is 932. The molecule has 0 fully saturated rings. The van der Waals surface area contributed by atoms with E-state index in [0.29, 0.717) is 11.5 Å². The van der Waals surface area contributed by atoms with Gasteiger partial charge in [-0.2, -0.15) is 0 Å². The van der Waals surface area contributed by atoms with Gasteiger partial charge in [0.15, 0.2) is 0 Å². The lowest BCUT2D eigenvalue weighted by Gasteiger charge is -2.08. The summed E-state index contributed by atoms with van der Waals surface area (Å²) in [5.41, 5.74) is 0. The van der Waals surface area contributed by atoms with E-state index in [2.05, 4.69) is 15.9 Å². The molecule has 122 valence electrons. The van der Waals surface area contributed by atoms with Gasteiger partial charge in [-0.3, -0.25) is 0 Å². The van der Waals surface area contributed by atoms with Crippen molar-refractivity contribution in [3.8, 4) is 17.2 Å². The van der Waals surface area contributed by atoms with E-state index in [9.17, 15) is 13.5 Å². The van der Waals surface area contributed by atoms with Crippen LogP contribution in [-0.4, -0.2) is 13.5 Å².